The zero-order valence-electron chi connectivity index (χ0n) is 12.8. The van der Waals surface area contributed by atoms with Crippen molar-refractivity contribution in [1.29, 1.82) is 0 Å². The van der Waals surface area contributed by atoms with E-state index in [2.05, 4.69) is 10.6 Å². The molecule has 0 aliphatic carbocycles. The van der Waals surface area contributed by atoms with E-state index in [1.165, 1.54) is 12.1 Å². The van der Waals surface area contributed by atoms with Gasteiger partial charge in [0.2, 0.25) is 0 Å². The van der Waals surface area contributed by atoms with Gasteiger partial charge >= 0.3 is 5.97 Å². The molecule has 118 valence electrons. The summed E-state index contributed by atoms with van der Waals surface area (Å²) in [6.45, 7) is 6.06. The van der Waals surface area contributed by atoms with Crippen molar-refractivity contribution in [1.82, 2.24) is 10.6 Å². The van der Waals surface area contributed by atoms with Crippen molar-refractivity contribution in [2.75, 3.05) is 6.61 Å². The number of nitrogens with one attached hydrogen (secondary N) is 2. The largest absolute Gasteiger partial charge is 0.462 e. The highest BCUT2D eigenvalue weighted by Gasteiger charge is 2.31. The van der Waals surface area contributed by atoms with Crippen LogP contribution in [-0.4, -0.2) is 17.7 Å². The molecule has 0 aromatic heterocycles. The fraction of sp³-hybridized carbons (Fsp3) is 0.375. The lowest BCUT2D eigenvalue weighted by Crippen LogP contribution is -2.45. The molecule has 1 heterocycles. The van der Waals surface area contributed by atoms with Crippen LogP contribution >= 0.6 is 12.2 Å². The standard InChI is InChI=1S/C16H19FN2O2S/c1-9(2)8-21-15(20)13-10(3)18-16(22)19-14(13)11-4-6-12(17)7-5-11/h4-7,9,14H,8H2,1-3H3,(H2,18,19,22). The van der Waals surface area contributed by atoms with Crippen LogP contribution in [-0.2, 0) is 9.53 Å². The molecule has 0 spiro atoms. The quantitative estimate of drug-likeness (QED) is 0.659. The smallest absolute Gasteiger partial charge is 0.338 e. The highest BCUT2D eigenvalue weighted by atomic mass is 32.1. The Bertz CT molecular complexity index is 611. The molecule has 1 unspecified atom stereocenters. The number of benzene rings is 1. The van der Waals surface area contributed by atoms with Crippen molar-refractivity contribution < 1.29 is 13.9 Å². The summed E-state index contributed by atoms with van der Waals surface area (Å²) in [5.74, 6) is -0.479. The number of thiocarbonyl (C=S) groups is 1. The lowest BCUT2D eigenvalue weighted by Gasteiger charge is -2.30. The first-order valence-corrected chi connectivity index (χ1v) is 7.50. The molecule has 0 bridgehead atoms. The average molecular weight is 322 g/mol. The summed E-state index contributed by atoms with van der Waals surface area (Å²) < 4.78 is 18.4. The van der Waals surface area contributed by atoms with E-state index in [0.29, 0.717) is 23.0 Å². The van der Waals surface area contributed by atoms with E-state index < -0.39 is 12.0 Å². The number of ether oxygens (including phenoxy) is 1. The summed E-state index contributed by atoms with van der Waals surface area (Å²) in [4.78, 5) is 12.4. The van der Waals surface area contributed by atoms with Gasteiger partial charge in [-0.1, -0.05) is 26.0 Å². The molecule has 22 heavy (non-hydrogen) atoms. The number of allylic oxidation sites excluding steroid dienone is 1. The lowest BCUT2D eigenvalue weighted by molar-refractivity contribution is -0.140. The molecule has 2 rings (SSSR count). The number of carbonyl (C=O) groups is 1. The number of esters is 1. The van der Waals surface area contributed by atoms with E-state index in [1.807, 2.05) is 13.8 Å². The molecule has 1 aromatic carbocycles. The zero-order valence-corrected chi connectivity index (χ0v) is 13.6. The third kappa shape index (κ3) is 3.82. The second kappa shape index (κ2) is 6.87. The molecular formula is C16H19FN2O2S. The van der Waals surface area contributed by atoms with Crippen LogP contribution in [0.2, 0.25) is 0 Å². The molecule has 2 N–H and O–H groups in total. The maximum absolute atomic E-state index is 13.1. The fourth-order valence-electron chi connectivity index (χ4n) is 2.19. The summed E-state index contributed by atoms with van der Waals surface area (Å²) >= 11 is 5.15. The van der Waals surface area contributed by atoms with Crippen LogP contribution in [0.25, 0.3) is 0 Å². The number of rotatable bonds is 4. The van der Waals surface area contributed by atoms with Crippen LogP contribution in [0.4, 0.5) is 4.39 Å². The summed E-state index contributed by atoms with van der Waals surface area (Å²) in [7, 11) is 0. The van der Waals surface area contributed by atoms with E-state index in [0.717, 1.165) is 5.56 Å². The maximum Gasteiger partial charge on any atom is 0.338 e. The van der Waals surface area contributed by atoms with Gasteiger partial charge in [0, 0.05) is 5.70 Å². The first kappa shape index (κ1) is 16.4. The normalized spacial score (nSPS) is 18.0. The second-order valence-electron chi connectivity index (χ2n) is 5.61. The van der Waals surface area contributed by atoms with Crippen molar-refractivity contribution >= 4 is 23.3 Å². The second-order valence-corrected chi connectivity index (χ2v) is 6.02. The van der Waals surface area contributed by atoms with Gasteiger partial charge in [0.05, 0.1) is 18.2 Å². The molecule has 1 aliphatic rings. The third-order valence-electron chi connectivity index (χ3n) is 3.24. The van der Waals surface area contributed by atoms with Crippen molar-refractivity contribution in [2.45, 2.75) is 26.8 Å². The number of halogens is 1. The van der Waals surface area contributed by atoms with E-state index in [-0.39, 0.29) is 11.7 Å². The Morgan fingerprint density at radius 2 is 2.00 bits per heavy atom. The molecular weight excluding hydrogens is 303 g/mol. The minimum Gasteiger partial charge on any atom is -0.462 e. The van der Waals surface area contributed by atoms with Crippen LogP contribution in [0.3, 0.4) is 0 Å². The molecule has 1 aliphatic heterocycles. The highest BCUT2D eigenvalue weighted by molar-refractivity contribution is 7.80. The third-order valence-corrected chi connectivity index (χ3v) is 3.46. The van der Waals surface area contributed by atoms with Gasteiger partial charge in [-0.3, -0.25) is 0 Å². The lowest BCUT2D eigenvalue weighted by atomic mass is 9.95. The molecule has 0 amide bonds. The Hall–Kier alpha value is -1.95. The van der Waals surface area contributed by atoms with E-state index >= 15 is 0 Å². The van der Waals surface area contributed by atoms with Crippen molar-refractivity contribution in [3.63, 3.8) is 0 Å². The Balaban J connectivity index is 2.32. The molecule has 6 heteroatoms. The predicted octanol–water partition coefficient (Wildman–Crippen LogP) is 2.82. The Kier molecular flexibility index (Phi) is 5.13. The fourth-order valence-corrected chi connectivity index (χ4v) is 2.46. The van der Waals surface area contributed by atoms with E-state index in [4.69, 9.17) is 17.0 Å². The summed E-state index contributed by atoms with van der Waals surface area (Å²) in [5.41, 5.74) is 1.86. The van der Waals surface area contributed by atoms with Gasteiger partial charge in [0.25, 0.3) is 0 Å². The van der Waals surface area contributed by atoms with Gasteiger partial charge in [-0.25, -0.2) is 9.18 Å². The van der Waals surface area contributed by atoms with Gasteiger partial charge in [-0.2, -0.15) is 0 Å². The molecule has 1 atom stereocenters. The Labute approximate surface area is 134 Å². The minimum atomic E-state index is -0.450. The van der Waals surface area contributed by atoms with Gasteiger partial charge in [-0.15, -0.1) is 0 Å². The van der Waals surface area contributed by atoms with Gasteiger partial charge in [0.1, 0.15) is 5.82 Å². The van der Waals surface area contributed by atoms with E-state index in [9.17, 15) is 9.18 Å². The molecule has 4 nitrogen and oxygen atoms in total. The Morgan fingerprint density at radius 3 is 2.59 bits per heavy atom. The average Bonchev–Trinajstić information content (AvgIpc) is 2.44. The predicted molar refractivity (Wildman–Crippen MR) is 86.5 cm³/mol. The minimum absolute atomic E-state index is 0.250. The molecule has 0 radical (unpaired) electrons. The summed E-state index contributed by atoms with van der Waals surface area (Å²) in [5, 5.41) is 6.40. The maximum atomic E-state index is 13.1. The molecule has 1 aromatic rings. The van der Waals surface area contributed by atoms with Gasteiger partial charge in [0.15, 0.2) is 5.11 Å². The van der Waals surface area contributed by atoms with Crippen LogP contribution in [0.5, 0.6) is 0 Å². The van der Waals surface area contributed by atoms with E-state index in [1.54, 1.807) is 19.1 Å². The number of hydrogen-bond donors (Lipinski definition) is 2. The van der Waals surface area contributed by atoms with Crippen molar-refractivity contribution in [2.24, 2.45) is 5.92 Å². The first-order valence-electron chi connectivity index (χ1n) is 7.09. The van der Waals surface area contributed by atoms with Gasteiger partial charge in [-0.05, 0) is 42.8 Å². The molecule has 0 saturated carbocycles. The van der Waals surface area contributed by atoms with Gasteiger partial charge < -0.3 is 15.4 Å². The first-order chi connectivity index (χ1) is 10.4. The van der Waals surface area contributed by atoms with Crippen LogP contribution < -0.4 is 10.6 Å². The van der Waals surface area contributed by atoms with Crippen molar-refractivity contribution in [3.05, 3.63) is 46.9 Å². The van der Waals surface area contributed by atoms with Crippen LogP contribution in [0.15, 0.2) is 35.5 Å². The van der Waals surface area contributed by atoms with Crippen molar-refractivity contribution in [3.8, 4) is 0 Å². The summed E-state index contributed by atoms with van der Waals surface area (Å²) in [6, 6.07) is 5.52. The SMILES string of the molecule is CC1=C(C(=O)OCC(C)C)C(c2ccc(F)cc2)NC(=S)N1. The Morgan fingerprint density at radius 1 is 1.36 bits per heavy atom. The number of carbonyl (C=O) groups excluding carboxylic acids is 1. The highest BCUT2D eigenvalue weighted by Crippen LogP contribution is 2.27. The summed E-state index contributed by atoms with van der Waals surface area (Å²) in [6.07, 6.45) is 0. The number of hydrogen-bond acceptors (Lipinski definition) is 3. The molecule has 0 fully saturated rings. The zero-order chi connectivity index (χ0) is 16.3. The van der Waals surface area contributed by atoms with Crippen LogP contribution in [0.1, 0.15) is 32.4 Å². The topological polar surface area (TPSA) is 50.4 Å². The monoisotopic (exact) mass is 322 g/mol. The van der Waals surface area contributed by atoms with Crippen LogP contribution in [0, 0.1) is 11.7 Å². The molecule has 0 saturated heterocycles.